The van der Waals surface area contributed by atoms with Gasteiger partial charge >= 0.3 is 0 Å². The third-order valence-electron chi connectivity index (χ3n) is 5.42. The van der Waals surface area contributed by atoms with Gasteiger partial charge in [-0.25, -0.2) is 0 Å². The van der Waals surface area contributed by atoms with Crippen LogP contribution in [0.2, 0.25) is 0 Å². The third-order valence-corrected chi connectivity index (χ3v) is 5.42. The Morgan fingerprint density at radius 1 is 1.00 bits per heavy atom. The Balaban J connectivity index is 2.10. The number of hydrogen-bond acceptors (Lipinski definition) is 2. The molecular formula is C23H36N2O2. The van der Waals surface area contributed by atoms with E-state index in [1.807, 2.05) is 25.7 Å². The van der Waals surface area contributed by atoms with Gasteiger partial charge in [-0.05, 0) is 35.8 Å². The molecule has 0 bridgehead atoms. The highest BCUT2D eigenvalue weighted by molar-refractivity contribution is 5.94. The SMILES string of the molecule is CC(C)c1cccc(C(C)C)c1NC(=O)C1CCN(C(=O)C(C)(C)C)CC1. The van der Waals surface area contributed by atoms with Crippen molar-refractivity contribution in [3.63, 3.8) is 0 Å². The smallest absolute Gasteiger partial charge is 0.227 e. The summed E-state index contributed by atoms with van der Waals surface area (Å²) in [5.74, 6) is 0.936. The van der Waals surface area contributed by atoms with Crippen molar-refractivity contribution in [3.8, 4) is 0 Å². The molecule has 0 aromatic heterocycles. The Morgan fingerprint density at radius 3 is 1.89 bits per heavy atom. The quantitative estimate of drug-likeness (QED) is 0.794. The van der Waals surface area contributed by atoms with Gasteiger partial charge in [0.1, 0.15) is 0 Å². The van der Waals surface area contributed by atoms with E-state index in [2.05, 4.69) is 51.2 Å². The molecule has 1 fully saturated rings. The molecule has 1 heterocycles. The summed E-state index contributed by atoms with van der Waals surface area (Å²) in [4.78, 5) is 27.3. The molecule has 0 unspecified atom stereocenters. The van der Waals surface area contributed by atoms with Crippen molar-refractivity contribution < 1.29 is 9.59 Å². The number of amides is 2. The zero-order chi connectivity index (χ0) is 20.4. The number of carbonyl (C=O) groups is 2. The van der Waals surface area contributed by atoms with Gasteiger partial charge in [0.05, 0.1) is 0 Å². The first-order valence-electron chi connectivity index (χ1n) is 10.3. The minimum atomic E-state index is -0.364. The van der Waals surface area contributed by atoms with Crippen LogP contribution in [0.1, 0.15) is 84.3 Å². The number of rotatable bonds is 4. The molecule has 0 atom stereocenters. The molecular weight excluding hydrogens is 336 g/mol. The van der Waals surface area contributed by atoms with Crippen LogP contribution in [0.5, 0.6) is 0 Å². The van der Waals surface area contributed by atoms with Crippen molar-refractivity contribution in [1.82, 2.24) is 4.90 Å². The highest BCUT2D eigenvalue weighted by Crippen LogP contribution is 2.33. The van der Waals surface area contributed by atoms with Gasteiger partial charge in [-0.1, -0.05) is 66.7 Å². The second kappa shape index (κ2) is 8.45. The van der Waals surface area contributed by atoms with Crippen molar-refractivity contribution in [2.24, 2.45) is 11.3 Å². The van der Waals surface area contributed by atoms with Crippen LogP contribution in [0, 0.1) is 11.3 Å². The number of para-hydroxylation sites is 1. The Morgan fingerprint density at radius 2 is 1.48 bits per heavy atom. The van der Waals surface area contributed by atoms with Crippen molar-refractivity contribution in [2.75, 3.05) is 18.4 Å². The van der Waals surface area contributed by atoms with Crippen molar-refractivity contribution in [2.45, 2.75) is 73.1 Å². The maximum Gasteiger partial charge on any atom is 0.227 e. The number of hydrogen-bond donors (Lipinski definition) is 1. The van der Waals surface area contributed by atoms with E-state index in [-0.39, 0.29) is 23.1 Å². The van der Waals surface area contributed by atoms with E-state index in [4.69, 9.17) is 0 Å². The van der Waals surface area contributed by atoms with Gasteiger partial charge in [0, 0.05) is 30.1 Å². The second-order valence-electron chi connectivity index (χ2n) is 9.43. The molecule has 0 radical (unpaired) electrons. The molecule has 2 rings (SSSR count). The molecule has 2 amide bonds. The fraction of sp³-hybridized carbons (Fsp3) is 0.652. The lowest BCUT2D eigenvalue weighted by atomic mass is 9.89. The Kier molecular flexibility index (Phi) is 6.72. The van der Waals surface area contributed by atoms with E-state index >= 15 is 0 Å². The predicted octanol–water partition coefficient (Wildman–Crippen LogP) is 5.16. The van der Waals surface area contributed by atoms with Crippen molar-refractivity contribution in [1.29, 1.82) is 0 Å². The highest BCUT2D eigenvalue weighted by Gasteiger charge is 2.32. The molecule has 0 aliphatic carbocycles. The summed E-state index contributed by atoms with van der Waals surface area (Å²) in [6.45, 7) is 15.8. The normalized spacial score (nSPS) is 16.1. The molecule has 150 valence electrons. The number of likely N-dealkylation sites (tertiary alicyclic amines) is 1. The molecule has 0 saturated carbocycles. The Hall–Kier alpha value is -1.84. The van der Waals surface area contributed by atoms with Crippen LogP contribution in [0.15, 0.2) is 18.2 Å². The van der Waals surface area contributed by atoms with Gasteiger partial charge in [-0.3, -0.25) is 9.59 Å². The largest absolute Gasteiger partial charge is 0.342 e. The summed E-state index contributed by atoms with van der Waals surface area (Å²) >= 11 is 0. The lowest BCUT2D eigenvalue weighted by Crippen LogP contribution is -2.45. The van der Waals surface area contributed by atoms with Gasteiger partial charge in [0.2, 0.25) is 11.8 Å². The first-order valence-corrected chi connectivity index (χ1v) is 10.3. The summed E-state index contributed by atoms with van der Waals surface area (Å²) < 4.78 is 0. The molecule has 4 nitrogen and oxygen atoms in total. The van der Waals surface area contributed by atoms with Crippen LogP contribution in [0.3, 0.4) is 0 Å². The van der Waals surface area contributed by atoms with E-state index in [1.54, 1.807) is 0 Å². The monoisotopic (exact) mass is 372 g/mol. The van der Waals surface area contributed by atoms with Crippen molar-refractivity contribution in [3.05, 3.63) is 29.3 Å². The van der Waals surface area contributed by atoms with Gasteiger partial charge in [-0.15, -0.1) is 0 Å². The number of nitrogens with zero attached hydrogens (tertiary/aromatic N) is 1. The topological polar surface area (TPSA) is 49.4 Å². The minimum Gasteiger partial charge on any atom is -0.342 e. The maximum absolute atomic E-state index is 13.0. The van der Waals surface area contributed by atoms with E-state index in [1.165, 1.54) is 11.1 Å². The maximum atomic E-state index is 13.0. The van der Waals surface area contributed by atoms with E-state index in [0.717, 1.165) is 18.5 Å². The highest BCUT2D eigenvalue weighted by atomic mass is 16.2. The van der Waals surface area contributed by atoms with Crippen LogP contribution >= 0.6 is 0 Å². The fourth-order valence-corrected chi connectivity index (χ4v) is 3.74. The number of benzene rings is 1. The summed E-state index contributed by atoms with van der Waals surface area (Å²) in [6, 6.07) is 6.30. The molecule has 1 aromatic carbocycles. The minimum absolute atomic E-state index is 0.0331. The predicted molar refractivity (Wildman–Crippen MR) is 112 cm³/mol. The summed E-state index contributed by atoms with van der Waals surface area (Å²) in [5, 5.41) is 3.24. The molecule has 1 N–H and O–H groups in total. The first kappa shape index (κ1) is 21.5. The van der Waals surface area contributed by atoms with Gasteiger partial charge in [-0.2, -0.15) is 0 Å². The van der Waals surface area contributed by atoms with Gasteiger partial charge in [0.15, 0.2) is 0 Å². The van der Waals surface area contributed by atoms with Gasteiger partial charge < -0.3 is 10.2 Å². The summed E-state index contributed by atoms with van der Waals surface area (Å²) in [6.07, 6.45) is 1.46. The molecule has 27 heavy (non-hydrogen) atoms. The zero-order valence-electron chi connectivity index (χ0n) is 18.1. The number of anilines is 1. The zero-order valence-corrected chi connectivity index (χ0v) is 18.1. The number of carbonyl (C=O) groups excluding carboxylic acids is 2. The van der Waals surface area contributed by atoms with E-state index < -0.39 is 0 Å². The average Bonchev–Trinajstić information content (AvgIpc) is 2.60. The molecule has 1 aliphatic heterocycles. The van der Waals surface area contributed by atoms with Crippen LogP contribution in [-0.2, 0) is 9.59 Å². The standard InChI is InChI=1S/C23H36N2O2/c1-15(2)18-9-8-10-19(16(3)4)20(18)24-21(26)17-11-13-25(14-12-17)22(27)23(5,6)7/h8-10,15-17H,11-14H2,1-7H3,(H,24,26). The van der Waals surface area contributed by atoms with Crippen LogP contribution in [0.25, 0.3) is 0 Å². The molecule has 0 spiro atoms. The van der Waals surface area contributed by atoms with E-state index in [9.17, 15) is 9.59 Å². The van der Waals surface area contributed by atoms with Crippen LogP contribution in [-0.4, -0.2) is 29.8 Å². The summed E-state index contributed by atoms with van der Waals surface area (Å²) in [7, 11) is 0. The Labute approximate surface area is 164 Å². The first-order chi connectivity index (χ1) is 12.5. The molecule has 4 heteroatoms. The Bertz CT molecular complexity index is 652. The average molecular weight is 373 g/mol. The molecule has 1 saturated heterocycles. The second-order valence-corrected chi connectivity index (χ2v) is 9.43. The van der Waals surface area contributed by atoms with Crippen LogP contribution < -0.4 is 5.32 Å². The summed E-state index contributed by atoms with van der Waals surface area (Å²) in [5.41, 5.74) is 3.00. The molecule has 1 aliphatic rings. The van der Waals surface area contributed by atoms with Gasteiger partial charge in [0.25, 0.3) is 0 Å². The number of nitrogens with one attached hydrogen (secondary N) is 1. The lowest BCUT2D eigenvalue weighted by molar-refractivity contribution is -0.142. The lowest BCUT2D eigenvalue weighted by Gasteiger charge is -2.35. The third kappa shape index (κ3) is 5.12. The van der Waals surface area contributed by atoms with E-state index in [0.29, 0.717) is 24.9 Å². The fourth-order valence-electron chi connectivity index (χ4n) is 3.74. The van der Waals surface area contributed by atoms with Crippen LogP contribution in [0.4, 0.5) is 5.69 Å². The molecule has 1 aromatic rings. The van der Waals surface area contributed by atoms with Crippen molar-refractivity contribution >= 4 is 17.5 Å². The number of piperidine rings is 1.